The maximum absolute atomic E-state index is 12.7. The molecule has 0 aromatic heterocycles. The van der Waals surface area contributed by atoms with E-state index in [1.807, 2.05) is 65.4 Å². The van der Waals surface area contributed by atoms with Crippen LogP contribution in [0.15, 0.2) is 78.9 Å². The van der Waals surface area contributed by atoms with Gasteiger partial charge in [-0.2, -0.15) is 8.42 Å². The summed E-state index contributed by atoms with van der Waals surface area (Å²) in [4.78, 5) is 24.5. The van der Waals surface area contributed by atoms with E-state index in [-0.39, 0.29) is 30.8 Å². The van der Waals surface area contributed by atoms with Crippen molar-refractivity contribution in [2.24, 2.45) is 0 Å². The SMILES string of the molecule is O=C1CN(c2ccc(CC3C=Cc4ccccc4C(=O)N3)cc2OCc2ccccc2)S(=O)(=O)N1. The highest BCUT2D eigenvalue weighted by Gasteiger charge is 2.35. The lowest BCUT2D eigenvalue weighted by Gasteiger charge is -2.21. The minimum Gasteiger partial charge on any atom is -0.487 e. The summed E-state index contributed by atoms with van der Waals surface area (Å²) in [6, 6.07) is 21.8. The first kappa shape index (κ1) is 22.7. The third-order valence-corrected chi connectivity index (χ3v) is 7.23. The number of hydrogen-bond acceptors (Lipinski definition) is 5. The minimum atomic E-state index is -3.99. The van der Waals surface area contributed by atoms with E-state index in [1.165, 1.54) is 0 Å². The first-order valence-corrected chi connectivity index (χ1v) is 12.5. The van der Waals surface area contributed by atoms with E-state index in [9.17, 15) is 18.0 Å². The fourth-order valence-corrected chi connectivity index (χ4v) is 5.30. The predicted molar refractivity (Wildman–Crippen MR) is 132 cm³/mol. The molecule has 0 spiro atoms. The Kier molecular flexibility index (Phi) is 6.00. The molecule has 2 amide bonds. The van der Waals surface area contributed by atoms with E-state index in [1.54, 1.807) is 24.3 Å². The molecule has 1 fully saturated rings. The molecule has 2 heterocycles. The molecule has 0 aliphatic carbocycles. The number of anilines is 1. The lowest BCUT2D eigenvalue weighted by atomic mass is 10.0. The van der Waals surface area contributed by atoms with Crippen molar-refractivity contribution in [3.63, 3.8) is 0 Å². The van der Waals surface area contributed by atoms with Gasteiger partial charge < -0.3 is 10.1 Å². The third kappa shape index (κ3) is 4.90. The average molecular weight is 490 g/mol. The summed E-state index contributed by atoms with van der Waals surface area (Å²) in [7, 11) is -3.99. The Morgan fingerprint density at radius 1 is 0.943 bits per heavy atom. The van der Waals surface area contributed by atoms with Gasteiger partial charge in [-0.1, -0.05) is 66.7 Å². The number of ether oxygens (including phenoxy) is 1. The normalized spacial score (nSPS) is 18.4. The zero-order valence-corrected chi connectivity index (χ0v) is 19.5. The van der Waals surface area contributed by atoms with Crippen LogP contribution in [0.25, 0.3) is 6.08 Å². The van der Waals surface area contributed by atoms with Crippen molar-refractivity contribution in [2.45, 2.75) is 19.1 Å². The molecule has 1 unspecified atom stereocenters. The average Bonchev–Trinajstić information content (AvgIpc) is 3.03. The van der Waals surface area contributed by atoms with Crippen molar-refractivity contribution in [2.75, 3.05) is 10.8 Å². The van der Waals surface area contributed by atoms with Crippen LogP contribution in [0.3, 0.4) is 0 Å². The lowest BCUT2D eigenvalue weighted by Crippen LogP contribution is -2.34. The van der Waals surface area contributed by atoms with Gasteiger partial charge in [-0.3, -0.25) is 9.59 Å². The fourth-order valence-electron chi connectivity index (χ4n) is 4.14. The van der Waals surface area contributed by atoms with E-state index in [4.69, 9.17) is 4.74 Å². The Morgan fingerprint density at radius 3 is 2.49 bits per heavy atom. The molecule has 2 aliphatic rings. The summed E-state index contributed by atoms with van der Waals surface area (Å²) in [6.07, 6.45) is 4.34. The molecule has 35 heavy (non-hydrogen) atoms. The van der Waals surface area contributed by atoms with Gasteiger partial charge in [-0.25, -0.2) is 9.03 Å². The Morgan fingerprint density at radius 2 is 1.71 bits per heavy atom. The first-order valence-electron chi connectivity index (χ1n) is 11.1. The maximum atomic E-state index is 12.7. The third-order valence-electron chi connectivity index (χ3n) is 5.84. The van der Waals surface area contributed by atoms with Crippen LogP contribution < -0.4 is 19.1 Å². The molecule has 0 saturated carbocycles. The summed E-state index contributed by atoms with van der Waals surface area (Å²) in [5.41, 5.74) is 3.50. The molecule has 0 radical (unpaired) electrons. The van der Waals surface area contributed by atoms with Gasteiger partial charge in [0.1, 0.15) is 18.9 Å². The van der Waals surface area contributed by atoms with Gasteiger partial charge in [0.15, 0.2) is 0 Å². The Labute approximate surface area is 203 Å². The Hall–Kier alpha value is -4.11. The van der Waals surface area contributed by atoms with Crippen LogP contribution in [-0.4, -0.2) is 32.8 Å². The highest BCUT2D eigenvalue weighted by atomic mass is 32.2. The largest absolute Gasteiger partial charge is 0.487 e. The van der Waals surface area contributed by atoms with Crippen LogP contribution in [-0.2, 0) is 28.0 Å². The summed E-state index contributed by atoms with van der Waals surface area (Å²) < 4.78 is 34.0. The first-order chi connectivity index (χ1) is 16.9. The number of benzene rings is 3. The molecule has 178 valence electrons. The number of carbonyl (C=O) groups is 2. The molecule has 8 nitrogen and oxygen atoms in total. The molecule has 3 aromatic rings. The predicted octanol–water partition coefficient (Wildman–Crippen LogP) is 2.81. The molecule has 3 aromatic carbocycles. The van der Waals surface area contributed by atoms with Gasteiger partial charge in [0.2, 0.25) is 0 Å². The van der Waals surface area contributed by atoms with Crippen molar-refractivity contribution in [1.82, 2.24) is 10.0 Å². The van der Waals surface area contributed by atoms with Crippen molar-refractivity contribution in [3.8, 4) is 5.75 Å². The fraction of sp³-hybridized carbons (Fsp3) is 0.154. The van der Waals surface area contributed by atoms with E-state index < -0.39 is 16.1 Å². The molecule has 2 N–H and O–H groups in total. The standard InChI is InChI=1S/C26H23N3O5S/c30-25-16-29(35(32,33)28-25)23-13-10-19(15-24(23)34-17-18-6-2-1-3-7-18)14-21-12-11-20-8-4-5-9-22(20)26(31)27-21/h1-13,15,21H,14,16-17H2,(H,27,31)(H,28,30). The highest BCUT2D eigenvalue weighted by molar-refractivity contribution is 7.92. The van der Waals surface area contributed by atoms with Gasteiger partial charge >= 0.3 is 10.2 Å². The van der Waals surface area contributed by atoms with Crippen LogP contribution >= 0.6 is 0 Å². The summed E-state index contributed by atoms with van der Waals surface area (Å²) in [6.45, 7) is -0.0923. The van der Waals surface area contributed by atoms with Crippen LogP contribution in [0.2, 0.25) is 0 Å². The second-order valence-electron chi connectivity index (χ2n) is 8.34. The van der Waals surface area contributed by atoms with E-state index >= 15 is 0 Å². The van der Waals surface area contributed by atoms with Crippen molar-refractivity contribution >= 4 is 33.8 Å². The number of fused-ring (bicyclic) bond motifs is 1. The second-order valence-corrected chi connectivity index (χ2v) is 9.94. The molecular weight excluding hydrogens is 466 g/mol. The number of hydrogen-bond donors (Lipinski definition) is 2. The number of rotatable bonds is 6. The topological polar surface area (TPSA) is 105 Å². The zero-order chi connectivity index (χ0) is 24.4. The lowest BCUT2D eigenvalue weighted by molar-refractivity contribution is -0.117. The van der Waals surface area contributed by atoms with Gasteiger partial charge in [0, 0.05) is 5.56 Å². The van der Waals surface area contributed by atoms with Gasteiger partial charge in [-0.15, -0.1) is 0 Å². The number of carbonyl (C=O) groups excluding carboxylic acids is 2. The van der Waals surface area contributed by atoms with Crippen molar-refractivity contribution < 1.29 is 22.7 Å². The number of nitrogens with zero attached hydrogens (tertiary/aromatic N) is 1. The van der Waals surface area contributed by atoms with Gasteiger partial charge in [-0.05, 0) is 41.3 Å². The minimum absolute atomic E-state index is 0.152. The van der Waals surface area contributed by atoms with E-state index in [0.29, 0.717) is 17.7 Å². The van der Waals surface area contributed by atoms with Gasteiger partial charge in [0.25, 0.3) is 11.8 Å². The summed E-state index contributed by atoms with van der Waals surface area (Å²) >= 11 is 0. The molecule has 1 saturated heterocycles. The Bertz CT molecular complexity index is 1420. The van der Waals surface area contributed by atoms with Gasteiger partial charge in [0.05, 0.1) is 11.7 Å². The quantitative estimate of drug-likeness (QED) is 0.554. The zero-order valence-electron chi connectivity index (χ0n) is 18.7. The number of nitrogens with one attached hydrogen (secondary N) is 2. The van der Waals surface area contributed by atoms with Crippen molar-refractivity contribution in [1.29, 1.82) is 0 Å². The van der Waals surface area contributed by atoms with Crippen LogP contribution in [0.4, 0.5) is 5.69 Å². The van der Waals surface area contributed by atoms with Crippen LogP contribution in [0.5, 0.6) is 5.75 Å². The smallest absolute Gasteiger partial charge is 0.326 e. The van der Waals surface area contributed by atoms with Crippen LogP contribution in [0, 0.1) is 0 Å². The van der Waals surface area contributed by atoms with Crippen LogP contribution in [0.1, 0.15) is 27.0 Å². The van der Waals surface area contributed by atoms with E-state index in [2.05, 4.69) is 5.32 Å². The highest BCUT2D eigenvalue weighted by Crippen LogP contribution is 2.34. The molecule has 5 rings (SSSR count). The molecule has 2 aliphatic heterocycles. The summed E-state index contributed by atoms with van der Waals surface area (Å²) in [5.74, 6) is -0.423. The van der Waals surface area contributed by atoms with E-state index in [0.717, 1.165) is 21.0 Å². The molecule has 9 heteroatoms. The number of amides is 2. The molecule has 0 bridgehead atoms. The molecular formula is C26H23N3O5S. The maximum Gasteiger partial charge on any atom is 0.326 e. The monoisotopic (exact) mass is 489 g/mol. The summed E-state index contributed by atoms with van der Waals surface area (Å²) in [5, 5.41) is 3.02. The molecule has 1 atom stereocenters. The second kappa shape index (κ2) is 9.27. The van der Waals surface area contributed by atoms with Crippen molar-refractivity contribution in [3.05, 3.63) is 101 Å². The Balaban J connectivity index is 1.43.